The molecule has 4 rings (SSSR count). The number of hydrogen-bond acceptors (Lipinski definition) is 3. The number of anilines is 1. The smallest absolute Gasteiger partial charge is 0.261 e. The van der Waals surface area contributed by atoms with Crippen LogP contribution in [0.25, 0.3) is 11.1 Å². The molecule has 0 bridgehead atoms. The second-order valence-corrected chi connectivity index (χ2v) is 6.72. The van der Waals surface area contributed by atoms with Gasteiger partial charge in [0.25, 0.3) is 5.91 Å². The third-order valence-electron chi connectivity index (χ3n) is 4.63. The molecule has 5 heteroatoms. The van der Waals surface area contributed by atoms with Gasteiger partial charge in [0.1, 0.15) is 5.75 Å². The molecule has 1 aliphatic carbocycles. The van der Waals surface area contributed by atoms with Crippen molar-refractivity contribution < 1.29 is 9.53 Å². The summed E-state index contributed by atoms with van der Waals surface area (Å²) < 4.78 is 5.22. The van der Waals surface area contributed by atoms with E-state index in [9.17, 15) is 4.79 Å². The summed E-state index contributed by atoms with van der Waals surface area (Å²) in [4.78, 5) is 12.4. The van der Waals surface area contributed by atoms with E-state index >= 15 is 0 Å². The average Bonchev–Trinajstić information content (AvgIpc) is 3.05. The molecular formula is C22H18N2O2S. The van der Waals surface area contributed by atoms with E-state index in [4.69, 9.17) is 17.0 Å². The minimum absolute atomic E-state index is 0.251. The summed E-state index contributed by atoms with van der Waals surface area (Å²) in [5.74, 6) is 0.201. The van der Waals surface area contributed by atoms with Gasteiger partial charge in [-0.1, -0.05) is 42.5 Å². The SMILES string of the molecule is COc1ccccc1C(=O)NC(=S)Nc1ccc2c(c1)Cc1ccccc1-2. The number of benzene rings is 3. The molecule has 0 fully saturated rings. The number of ether oxygens (including phenoxy) is 1. The van der Waals surface area contributed by atoms with Crippen LogP contribution in [-0.2, 0) is 6.42 Å². The predicted molar refractivity (Wildman–Crippen MR) is 111 cm³/mol. The maximum Gasteiger partial charge on any atom is 0.261 e. The number of amides is 1. The van der Waals surface area contributed by atoms with Crippen molar-refractivity contribution in [3.05, 3.63) is 83.4 Å². The first-order valence-electron chi connectivity index (χ1n) is 8.62. The lowest BCUT2D eigenvalue weighted by Crippen LogP contribution is -2.34. The van der Waals surface area contributed by atoms with Crippen LogP contribution in [0.1, 0.15) is 21.5 Å². The maximum atomic E-state index is 12.4. The van der Waals surface area contributed by atoms with Gasteiger partial charge in [-0.2, -0.15) is 0 Å². The Morgan fingerprint density at radius 3 is 2.56 bits per heavy atom. The molecule has 0 saturated heterocycles. The fourth-order valence-electron chi connectivity index (χ4n) is 3.39. The summed E-state index contributed by atoms with van der Waals surface area (Å²) in [6, 6.07) is 21.6. The Morgan fingerprint density at radius 1 is 0.963 bits per heavy atom. The zero-order valence-corrected chi connectivity index (χ0v) is 15.6. The zero-order valence-electron chi connectivity index (χ0n) is 14.8. The van der Waals surface area contributed by atoms with Crippen molar-refractivity contribution in [2.24, 2.45) is 0 Å². The number of carbonyl (C=O) groups is 1. The highest BCUT2D eigenvalue weighted by Gasteiger charge is 2.18. The van der Waals surface area contributed by atoms with E-state index in [-0.39, 0.29) is 11.0 Å². The van der Waals surface area contributed by atoms with E-state index in [1.54, 1.807) is 18.2 Å². The van der Waals surface area contributed by atoms with Gasteiger partial charge in [-0.15, -0.1) is 0 Å². The van der Waals surface area contributed by atoms with Crippen molar-refractivity contribution in [2.75, 3.05) is 12.4 Å². The summed E-state index contributed by atoms with van der Waals surface area (Å²) in [5.41, 5.74) is 6.41. The lowest BCUT2D eigenvalue weighted by Gasteiger charge is -2.12. The standard InChI is InChI=1S/C22H18N2O2S/c1-26-20-9-5-4-8-19(20)21(25)24-22(27)23-16-10-11-18-15(13-16)12-14-6-2-3-7-17(14)18/h2-11,13H,12H2,1H3,(H2,23,24,25,27). The van der Waals surface area contributed by atoms with Crippen LogP contribution in [0.2, 0.25) is 0 Å². The lowest BCUT2D eigenvalue weighted by molar-refractivity contribution is 0.0975. The molecule has 0 unspecified atom stereocenters. The molecule has 3 aromatic rings. The summed E-state index contributed by atoms with van der Waals surface area (Å²) in [5, 5.41) is 6.05. The van der Waals surface area contributed by atoms with Crippen molar-refractivity contribution in [1.29, 1.82) is 0 Å². The molecule has 1 aliphatic rings. The van der Waals surface area contributed by atoms with Crippen LogP contribution >= 0.6 is 12.2 Å². The van der Waals surface area contributed by atoms with Gasteiger partial charge in [0, 0.05) is 5.69 Å². The highest BCUT2D eigenvalue weighted by molar-refractivity contribution is 7.80. The van der Waals surface area contributed by atoms with E-state index in [0.29, 0.717) is 11.3 Å². The number of carbonyl (C=O) groups excluding carboxylic acids is 1. The Labute approximate surface area is 163 Å². The number of rotatable bonds is 3. The average molecular weight is 374 g/mol. The Bertz CT molecular complexity index is 1050. The quantitative estimate of drug-likeness (QED) is 0.522. The highest BCUT2D eigenvalue weighted by atomic mass is 32.1. The van der Waals surface area contributed by atoms with Crippen LogP contribution in [0, 0.1) is 0 Å². The monoisotopic (exact) mass is 374 g/mol. The van der Waals surface area contributed by atoms with Crippen molar-refractivity contribution in [3.63, 3.8) is 0 Å². The lowest BCUT2D eigenvalue weighted by atomic mass is 10.1. The predicted octanol–water partition coefficient (Wildman–Crippen LogP) is 4.39. The minimum atomic E-state index is -0.307. The van der Waals surface area contributed by atoms with Gasteiger partial charge < -0.3 is 10.1 Å². The second-order valence-electron chi connectivity index (χ2n) is 6.31. The molecule has 0 radical (unpaired) electrons. The second kappa shape index (κ2) is 7.21. The van der Waals surface area contributed by atoms with Crippen LogP contribution < -0.4 is 15.4 Å². The fourth-order valence-corrected chi connectivity index (χ4v) is 3.60. The topological polar surface area (TPSA) is 50.4 Å². The zero-order chi connectivity index (χ0) is 18.8. The van der Waals surface area contributed by atoms with Gasteiger partial charge in [-0.3, -0.25) is 10.1 Å². The summed E-state index contributed by atoms with van der Waals surface area (Å²) in [6.07, 6.45) is 0.904. The first-order chi connectivity index (χ1) is 13.2. The molecule has 0 heterocycles. The van der Waals surface area contributed by atoms with Crippen LogP contribution in [0.4, 0.5) is 5.69 Å². The van der Waals surface area contributed by atoms with Gasteiger partial charge in [-0.25, -0.2) is 0 Å². The minimum Gasteiger partial charge on any atom is -0.496 e. The largest absolute Gasteiger partial charge is 0.496 e. The van der Waals surface area contributed by atoms with Crippen LogP contribution in [-0.4, -0.2) is 18.1 Å². The van der Waals surface area contributed by atoms with Gasteiger partial charge in [0.15, 0.2) is 5.11 Å². The number of methoxy groups -OCH3 is 1. The molecule has 0 saturated carbocycles. The van der Waals surface area contributed by atoms with E-state index in [0.717, 1.165) is 12.1 Å². The van der Waals surface area contributed by atoms with Crippen molar-refractivity contribution in [1.82, 2.24) is 5.32 Å². The van der Waals surface area contributed by atoms with Crippen LogP contribution in [0.15, 0.2) is 66.7 Å². The molecule has 0 aromatic heterocycles. The summed E-state index contributed by atoms with van der Waals surface area (Å²) in [7, 11) is 1.53. The number of para-hydroxylation sites is 1. The van der Waals surface area contributed by atoms with Gasteiger partial charge in [-0.05, 0) is 65.2 Å². The molecule has 27 heavy (non-hydrogen) atoms. The van der Waals surface area contributed by atoms with Crippen LogP contribution in [0.3, 0.4) is 0 Å². The summed E-state index contributed by atoms with van der Waals surface area (Å²) >= 11 is 5.31. The van der Waals surface area contributed by atoms with E-state index < -0.39 is 0 Å². The number of hydrogen-bond donors (Lipinski definition) is 2. The molecule has 3 aromatic carbocycles. The van der Waals surface area contributed by atoms with Gasteiger partial charge >= 0.3 is 0 Å². The van der Waals surface area contributed by atoms with Crippen molar-refractivity contribution in [3.8, 4) is 16.9 Å². The normalized spacial score (nSPS) is 11.3. The number of thiocarbonyl (C=S) groups is 1. The molecule has 4 nitrogen and oxygen atoms in total. The molecular weight excluding hydrogens is 356 g/mol. The molecule has 1 amide bonds. The Hall–Kier alpha value is -3.18. The van der Waals surface area contributed by atoms with Crippen molar-refractivity contribution in [2.45, 2.75) is 6.42 Å². The fraction of sp³-hybridized carbons (Fsp3) is 0.0909. The molecule has 0 aliphatic heterocycles. The maximum absolute atomic E-state index is 12.4. The van der Waals surface area contributed by atoms with Crippen molar-refractivity contribution >= 4 is 28.9 Å². The molecule has 134 valence electrons. The summed E-state index contributed by atoms with van der Waals surface area (Å²) in [6.45, 7) is 0. The first-order valence-corrected chi connectivity index (χ1v) is 9.03. The van der Waals surface area contributed by atoms with E-state index in [1.807, 2.05) is 12.1 Å². The van der Waals surface area contributed by atoms with Crippen LogP contribution in [0.5, 0.6) is 5.75 Å². The first kappa shape index (κ1) is 17.2. The van der Waals surface area contributed by atoms with E-state index in [2.05, 4.69) is 47.0 Å². The number of fused-ring (bicyclic) bond motifs is 3. The Kier molecular flexibility index (Phi) is 4.60. The van der Waals surface area contributed by atoms with Gasteiger partial charge in [0.05, 0.1) is 12.7 Å². The molecule has 2 N–H and O–H groups in total. The third-order valence-corrected chi connectivity index (χ3v) is 4.83. The molecule has 0 atom stereocenters. The molecule has 0 spiro atoms. The Morgan fingerprint density at radius 2 is 1.70 bits per heavy atom. The van der Waals surface area contributed by atoms with E-state index in [1.165, 1.54) is 29.4 Å². The number of nitrogens with one attached hydrogen (secondary N) is 2. The third kappa shape index (κ3) is 3.41. The van der Waals surface area contributed by atoms with Gasteiger partial charge in [0.2, 0.25) is 0 Å². The highest BCUT2D eigenvalue weighted by Crippen LogP contribution is 2.37. The Balaban J connectivity index is 1.46.